The lowest BCUT2D eigenvalue weighted by atomic mass is 10.1. The molecule has 2 unspecified atom stereocenters. The van der Waals surface area contributed by atoms with Crippen LogP contribution in [0, 0.1) is 5.82 Å². The van der Waals surface area contributed by atoms with E-state index in [-0.39, 0.29) is 16.9 Å². The van der Waals surface area contributed by atoms with E-state index < -0.39 is 0 Å². The van der Waals surface area contributed by atoms with E-state index in [9.17, 15) is 4.39 Å². The molecule has 0 saturated heterocycles. The number of benzene rings is 1. The lowest BCUT2D eigenvalue weighted by Crippen LogP contribution is -2.39. The summed E-state index contributed by atoms with van der Waals surface area (Å²) in [4.78, 5) is 0. The average Bonchev–Trinajstić information content (AvgIpc) is 2.38. The molecule has 0 heterocycles. The van der Waals surface area contributed by atoms with Crippen molar-refractivity contribution < 1.29 is 4.39 Å². The molecular weight excluding hydrogens is 271 g/mol. The summed E-state index contributed by atoms with van der Waals surface area (Å²) in [6.07, 6.45) is 1.67. The zero-order valence-corrected chi connectivity index (χ0v) is 12.3. The van der Waals surface area contributed by atoms with Gasteiger partial charge >= 0.3 is 0 Å². The molecule has 18 heavy (non-hydrogen) atoms. The van der Waals surface area contributed by atoms with Gasteiger partial charge in [-0.25, -0.2) is 4.39 Å². The van der Waals surface area contributed by atoms with Crippen molar-refractivity contribution in [2.24, 2.45) is 5.84 Å². The molecule has 1 rings (SSSR count). The van der Waals surface area contributed by atoms with Crippen LogP contribution in [0.15, 0.2) is 18.2 Å². The minimum absolute atomic E-state index is 0.0527. The Labute approximate surface area is 117 Å². The Morgan fingerprint density at radius 3 is 2.83 bits per heavy atom. The highest BCUT2D eigenvalue weighted by atomic mass is 35.5. The highest BCUT2D eigenvalue weighted by molar-refractivity contribution is 7.99. The van der Waals surface area contributed by atoms with Crippen molar-refractivity contribution in [3.63, 3.8) is 0 Å². The zero-order valence-electron chi connectivity index (χ0n) is 10.7. The third-order valence-electron chi connectivity index (χ3n) is 2.89. The molecule has 0 aromatic heterocycles. The molecule has 2 atom stereocenters. The van der Waals surface area contributed by atoms with Gasteiger partial charge in [0.05, 0.1) is 5.02 Å². The monoisotopic (exact) mass is 290 g/mol. The molecule has 2 nitrogen and oxygen atoms in total. The van der Waals surface area contributed by atoms with Crippen LogP contribution in [0.2, 0.25) is 5.02 Å². The second-order valence-electron chi connectivity index (χ2n) is 4.33. The Hall–Kier alpha value is -0.290. The summed E-state index contributed by atoms with van der Waals surface area (Å²) in [5.74, 6) is 6.04. The first kappa shape index (κ1) is 15.8. The summed E-state index contributed by atoms with van der Waals surface area (Å²) in [5.41, 5.74) is 3.35. The molecule has 0 fully saturated rings. The fourth-order valence-corrected chi connectivity index (χ4v) is 2.74. The van der Waals surface area contributed by atoms with Crippen LogP contribution >= 0.6 is 23.4 Å². The van der Waals surface area contributed by atoms with Gasteiger partial charge in [-0.3, -0.25) is 11.3 Å². The third-order valence-corrected chi connectivity index (χ3v) is 4.68. The van der Waals surface area contributed by atoms with E-state index in [4.69, 9.17) is 17.4 Å². The van der Waals surface area contributed by atoms with Crippen molar-refractivity contribution in [2.75, 3.05) is 5.75 Å². The summed E-state index contributed by atoms with van der Waals surface area (Å²) < 4.78 is 13.8. The Bertz CT molecular complexity index is 376. The fourth-order valence-electron chi connectivity index (χ4n) is 1.54. The Balaban J connectivity index is 2.59. The minimum atomic E-state index is -0.340. The number of thioether (sulfide) groups is 1. The van der Waals surface area contributed by atoms with Crippen LogP contribution in [0.4, 0.5) is 4.39 Å². The van der Waals surface area contributed by atoms with E-state index in [0.717, 1.165) is 12.2 Å². The number of hydrogen-bond donors (Lipinski definition) is 2. The number of hydrogen-bond acceptors (Lipinski definition) is 3. The summed E-state index contributed by atoms with van der Waals surface area (Å²) in [6.45, 7) is 4.33. The molecule has 5 heteroatoms. The second kappa shape index (κ2) is 8.00. The molecule has 0 saturated carbocycles. The smallest absolute Gasteiger partial charge is 0.145 e. The van der Waals surface area contributed by atoms with Gasteiger partial charge in [0.2, 0.25) is 0 Å². The summed E-state index contributed by atoms with van der Waals surface area (Å²) >= 11 is 7.60. The molecule has 1 aromatic carbocycles. The summed E-state index contributed by atoms with van der Waals surface area (Å²) in [7, 11) is 0. The molecule has 0 spiro atoms. The van der Waals surface area contributed by atoms with Crippen LogP contribution in [0.1, 0.15) is 25.8 Å². The molecule has 102 valence electrons. The summed E-state index contributed by atoms with van der Waals surface area (Å²) in [6, 6.07) is 5.12. The Morgan fingerprint density at radius 2 is 2.22 bits per heavy atom. The molecule has 0 aliphatic carbocycles. The van der Waals surface area contributed by atoms with Crippen molar-refractivity contribution in [3.05, 3.63) is 34.6 Å². The first-order chi connectivity index (χ1) is 8.58. The molecule has 0 aliphatic rings. The van der Waals surface area contributed by atoms with E-state index in [2.05, 4.69) is 19.3 Å². The largest absolute Gasteiger partial charge is 0.271 e. The van der Waals surface area contributed by atoms with Gasteiger partial charge in [-0.05, 0) is 24.5 Å². The van der Waals surface area contributed by atoms with E-state index in [1.165, 1.54) is 0 Å². The number of halogens is 2. The maximum Gasteiger partial charge on any atom is 0.145 e. The molecule has 3 N–H and O–H groups in total. The second-order valence-corrected chi connectivity index (χ2v) is 6.21. The van der Waals surface area contributed by atoms with Gasteiger partial charge in [0.1, 0.15) is 5.82 Å². The van der Waals surface area contributed by atoms with Crippen LogP contribution in [0.3, 0.4) is 0 Å². The van der Waals surface area contributed by atoms with E-state index in [1.807, 2.05) is 11.8 Å². The highest BCUT2D eigenvalue weighted by Crippen LogP contribution is 2.21. The van der Waals surface area contributed by atoms with Crippen LogP contribution in [-0.2, 0) is 6.42 Å². The van der Waals surface area contributed by atoms with Crippen LogP contribution < -0.4 is 11.3 Å². The molecule has 0 amide bonds. The zero-order chi connectivity index (χ0) is 13.5. The highest BCUT2D eigenvalue weighted by Gasteiger charge is 2.14. The van der Waals surface area contributed by atoms with Crippen molar-refractivity contribution in [3.8, 4) is 0 Å². The van der Waals surface area contributed by atoms with Gasteiger partial charge < -0.3 is 0 Å². The fraction of sp³-hybridized carbons (Fsp3) is 0.538. The first-order valence-corrected chi connectivity index (χ1v) is 7.51. The Morgan fingerprint density at radius 1 is 1.50 bits per heavy atom. The van der Waals surface area contributed by atoms with Crippen molar-refractivity contribution in [2.45, 2.75) is 38.0 Å². The van der Waals surface area contributed by atoms with Crippen LogP contribution in [0.25, 0.3) is 0 Å². The topological polar surface area (TPSA) is 38.0 Å². The van der Waals surface area contributed by atoms with Crippen molar-refractivity contribution in [1.82, 2.24) is 5.43 Å². The maximum absolute atomic E-state index is 13.8. The number of nitrogens with one attached hydrogen (secondary N) is 1. The SMILES string of the molecule is CCC(C)SCC(Cc1cccc(Cl)c1F)NN. The van der Waals surface area contributed by atoms with Gasteiger partial charge in [0.25, 0.3) is 0 Å². The van der Waals surface area contributed by atoms with E-state index >= 15 is 0 Å². The van der Waals surface area contributed by atoms with Crippen molar-refractivity contribution >= 4 is 23.4 Å². The predicted octanol–water partition coefficient (Wildman–Crippen LogP) is 3.39. The molecule has 0 bridgehead atoms. The van der Waals surface area contributed by atoms with Gasteiger partial charge in [-0.15, -0.1) is 0 Å². The quantitative estimate of drug-likeness (QED) is 0.597. The van der Waals surface area contributed by atoms with Crippen LogP contribution in [0.5, 0.6) is 0 Å². The lowest BCUT2D eigenvalue weighted by Gasteiger charge is -2.18. The first-order valence-electron chi connectivity index (χ1n) is 6.09. The van der Waals surface area contributed by atoms with E-state index in [1.54, 1.807) is 18.2 Å². The van der Waals surface area contributed by atoms with Gasteiger partial charge in [-0.1, -0.05) is 37.6 Å². The number of rotatable bonds is 7. The molecule has 0 aliphatic heterocycles. The van der Waals surface area contributed by atoms with Crippen molar-refractivity contribution in [1.29, 1.82) is 0 Å². The predicted molar refractivity (Wildman–Crippen MR) is 78.4 cm³/mol. The summed E-state index contributed by atoms with van der Waals surface area (Å²) in [5, 5.41) is 0.753. The molecule has 0 radical (unpaired) electrons. The standard InChI is InChI=1S/C13H20ClFN2S/c1-3-9(2)18-8-11(17-16)7-10-5-4-6-12(14)13(10)15/h4-6,9,11,17H,3,7-8,16H2,1-2H3. The van der Waals surface area contributed by atoms with Crippen LogP contribution in [-0.4, -0.2) is 17.0 Å². The molecule has 1 aromatic rings. The van der Waals surface area contributed by atoms with E-state index in [0.29, 0.717) is 17.2 Å². The third kappa shape index (κ3) is 4.76. The lowest BCUT2D eigenvalue weighted by molar-refractivity contribution is 0.546. The normalized spacial score (nSPS) is 14.5. The minimum Gasteiger partial charge on any atom is -0.271 e. The number of nitrogens with two attached hydrogens (primary N) is 1. The molecular formula is C13H20ClFN2S. The maximum atomic E-state index is 13.8. The van der Waals surface area contributed by atoms with Gasteiger partial charge in [-0.2, -0.15) is 11.8 Å². The average molecular weight is 291 g/mol. The number of hydrazine groups is 1. The van der Waals surface area contributed by atoms with Gasteiger partial charge in [0, 0.05) is 17.0 Å². The Kier molecular flexibility index (Phi) is 7.00. The van der Waals surface area contributed by atoms with Gasteiger partial charge in [0.15, 0.2) is 0 Å².